The highest BCUT2D eigenvalue weighted by atomic mass is 35.5. The molecule has 2 atom stereocenters. The molecule has 0 radical (unpaired) electrons. The Hall–Kier alpha value is -0.350. The van der Waals surface area contributed by atoms with Gasteiger partial charge in [0.15, 0.2) is 0 Å². The summed E-state index contributed by atoms with van der Waals surface area (Å²) < 4.78 is 5.69. The number of nitrogens with zero attached hydrogens (tertiary/aromatic N) is 2. The van der Waals surface area contributed by atoms with Gasteiger partial charge in [0, 0.05) is 36.4 Å². The molecule has 2 unspecified atom stereocenters. The van der Waals surface area contributed by atoms with E-state index < -0.39 is 0 Å². The van der Waals surface area contributed by atoms with Crippen molar-refractivity contribution in [1.29, 1.82) is 0 Å². The molecule has 0 bridgehead atoms. The minimum Gasteiger partial charge on any atom is -0.373 e. The second kappa shape index (κ2) is 5.53. The maximum atomic E-state index is 6.14. The summed E-state index contributed by atoms with van der Waals surface area (Å²) in [6.07, 6.45) is 2.27. The van der Waals surface area contributed by atoms with Crippen molar-refractivity contribution in [3.8, 4) is 0 Å². The lowest BCUT2D eigenvalue weighted by atomic mass is 10.2. The van der Waals surface area contributed by atoms with Crippen LogP contribution in [-0.2, 0) is 11.3 Å². The molecular weight excluding hydrogens is 259 g/mol. The van der Waals surface area contributed by atoms with Gasteiger partial charge in [-0.3, -0.25) is 4.90 Å². The molecule has 2 rings (SSSR count). The SMILES string of the molecule is CC1CN(Cc2cnc(Cl)cc2Cl)CC(C)O1. The van der Waals surface area contributed by atoms with Crippen LogP contribution in [0.3, 0.4) is 0 Å². The molecule has 1 aromatic rings. The molecule has 0 N–H and O–H groups in total. The van der Waals surface area contributed by atoms with Crippen molar-refractivity contribution in [2.75, 3.05) is 13.1 Å². The van der Waals surface area contributed by atoms with E-state index >= 15 is 0 Å². The fourth-order valence-electron chi connectivity index (χ4n) is 2.21. The minimum atomic E-state index is 0.262. The van der Waals surface area contributed by atoms with Crippen LogP contribution in [0.4, 0.5) is 0 Å². The molecule has 17 heavy (non-hydrogen) atoms. The highest BCUT2D eigenvalue weighted by Crippen LogP contribution is 2.21. The van der Waals surface area contributed by atoms with E-state index in [9.17, 15) is 0 Å². The molecule has 3 nitrogen and oxygen atoms in total. The van der Waals surface area contributed by atoms with Crippen LogP contribution in [0, 0.1) is 0 Å². The second-order valence-corrected chi connectivity index (χ2v) is 5.34. The molecule has 0 aliphatic carbocycles. The molecular formula is C12H16Cl2N2O. The van der Waals surface area contributed by atoms with Gasteiger partial charge in [-0.1, -0.05) is 23.2 Å². The molecule has 0 saturated carbocycles. The molecule has 0 amide bonds. The van der Waals surface area contributed by atoms with Gasteiger partial charge < -0.3 is 4.74 Å². The number of morpholine rings is 1. The predicted octanol–water partition coefficient (Wildman–Crippen LogP) is 3.00. The van der Waals surface area contributed by atoms with Crippen molar-refractivity contribution >= 4 is 23.2 Å². The van der Waals surface area contributed by atoms with Gasteiger partial charge in [-0.2, -0.15) is 0 Å². The van der Waals surface area contributed by atoms with E-state index in [0.29, 0.717) is 10.2 Å². The van der Waals surface area contributed by atoms with E-state index in [1.165, 1.54) is 0 Å². The third kappa shape index (κ3) is 3.55. The molecule has 0 spiro atoms. The molecule has 5 heteroatoms. The molecule has 1 aliphatic heterocycles. The van der Waals surface area contributed by atoms with Gasteiger partial charge in [0.25, 0.3) is 0 Å². The predicted molar refractivity (Wildman–Crippen MR) is 69.5 cm³/mol. The normalized spacial score (nSPS) is 26.1. The number of pyridine rings is 1. The summed E-state index contributed by atoms with van der Waals surface area (Å²) in [7, 11) is 0. The van der Waals surface area contributed by atoms with Gasteiger partial charge in [-0.15, -0.1) is 0 Å². The first-order valence-electron chi connectivity index (χ1n) is 5.72. The summed E-state index contributed by atoms with van der Waals surface area (Å²) in [5.41, 5.74) is 1.01. The number of hydrogen-bond acceptors (Lipinski definition) is 3. The lowest BCUT2D eigenvalue weighted by Gasteiger charge is -2.35. The smallest absolute Gasteiger partial charge is 0.130 e. The topological polar surface area (TPSA) is 25.4 Å². The highest BCUT2D eigenvalue weighted by molar-refractivity contribution is 6.34. The molecule has 1 aromatic heterocycles. The summed E-state index contributed by atoms with van der Waals surface area (Å²) in [6.45, 7) is 6.81. The molecule has 2 heterocycles. The van der Waals surface area contributed by atoms with Gasteiger partial charge in [-0.25, -0.2) is 4.98 Å². The van der Waals surface area contributed by atoms with Gasteiger partial charge in [0.2, 0.25) is 0 Å². The Morgan fingerprint density at radius 1 is 1.35 bits per heavy atom. The van der Waals surface area contributed by atoms with E-state index in [4.69, 9.17) is 27.9 Å². The number of hydrogen-bond donors (Lipinski definition) is 0. The lowest BCUT2D eigenvalue weighted by molar-refractivity contribution is -0.0705. The van der Waals surface area contributed by atoms with Crippen LogP contribution in [0.2, 0.25) is 10.2 Å². The number of halogens is 2. The van der Waals surface area contributed by atoms with Crippen LogP contribution >= 0.6 is 23.2 Å². The van der Waals surface area contributed by atoms with Gasteiger partial charge in [-0.05, 0) is 19.9 Å². The average Bonchev–Trinajstić information content (AvgIpc) is 2.21. The zero-order valence-corrected chi connectivity index (χ0v) is 11.5. The zero-order valence-electron chi connectivity index (χ0n) is 9.99. The maximum absolute atomic E-state index is 6.14. The Morgan fingerprint density at radius 3 is 2.59 bits per heavy atom. The Bertz CT molecular complexity index is 390. The maximum Gasteiger partial charge on any atom is 0.130 e. The summed E-state index contributed by atoms with van der Waals surface area (Å²) in [4.78, 5) is 6.40. The monoisotopic (exact) mass is 274 g/mol. The fourth-order valence-corrected chi connectivity index (χ4v) is 2.63. The number of ether oxygens (including phenoxy) is 1. The van der Waals surface area contributed by atoms with Crippen LogP contribution < -0.4 is 0 Å². The van der Waals surface area contributed by atoms with Crippen molar-refractivity contribution in [3.63, 3.8) is 0 Å². The highest BCUT2D eigenvalue weighted by Gasteiger charge is 2.22. The van der Waals surface area contributed by atoms with Crippen molar-refractivity contribution in [3.05, 3.63) is 28.0 Å². The van der Waals surface area contributed by atoms with Gasteiger partial charge in [0.1, 0.15) is 5.15 Å². The van der Waals surface area contributed by atoms with Crippen LogP contribution in [0.25, 0.3) is 0 Å². The van der Waals surface area contributed by atoms with E-state index in [0.717, 1.165) is 25.2 Å². The molecule has 0 aromatic carbocycles. The van der Waals surface area contributed by atoms with Crippen LogP contribution in [0.1, 0.15) is 19.4 Å². The Morgan fingerprint density at radius 2 is 2.00 bits per heavy atom. The molecule has 1 fully saturated rings. The molecule has 1 aliphatic rings. The van der Waals surface area contributed by atoms with Crippen LogP contribution in [-0.4, -0.2) is 35.2 Å². The third-order valence-electron chi connectivity index (χ3n) is 2.79. The second-order valence-electron chi connectivity index (χ2n) is 4.55. The number of rotatable bonds is 2. The first-order valence-corrected chi connectivity index (χ1v) is 6.48. The van der Waals surface area contributed by atoms with Crippen molar-refractivity contribution < 1.29 is 4.74 Å². The molecule has 1 saturated heterocycles. The lowest BCUT2D eigenvalue weighted by Crippen LogP contribution is -2.44. The summed E-state index contributed by atoms with van der Waals surface area (Å²) >= 11 is 11.9. The Kier molecular flexibility index (Phi) is 4.26. The van der Waals surface area contributed by atoms with Crippen molar-refractivity contribution in [1.82, 2.24) is 9.88 Å². The first-order chi connectivity index (χ1) is 8.04. The average molecular weight is 275 g/mol. The van der Waals surface area contributed by atoms with Crippen molar-refractivity contribution in [2.24, 2.45) is 0 Å². The number of aromatic nitrogens is 1. The fraction of sp³-hybridized carbons (Fsp3) is 0.583. The first kappa shape index (κ1) is 13.1. The van der Waals surface area contributed by atoms with E-state index in [1.54, 1.807) is 12.3 Å². The van der Waals surface area contributed by atoms with E-state index in [2.05, 4.69) is 23.7 Å². The van der Waals surface area contributed by atoms with E-state index in [-0.39, 0.29) is 12.2 Å². The minimum absolute atomic E-state index is 0.262. The van der Waals surface area contributed by atoms with Gasteiger partial charge in [0.05, 0.1) is 12.2 Å². The summed E-state index contributed by atoms with van der Waals surface area (Å²) in [6, 6.07) is 1.69. The Balaban J connectivity index is 2.04. The quantitative estimate of drug-likeness (QED) is 0.776. The molecule has 94 valence electrons. The van der Waals surface area contributed by atoms with Gasteiger partial charge >= 0.3 is 0 Å². The largest absolute Gasteiger partial charge is 0.373 e. The standard InChI is InChI=1S/C12H16Cl2N2O/c1-8-5-16(6-9(2)17-8)7-10-4-15-12(14)3-11(10)13/h3-4,8-9H,5-7H2,1-2H3. The van der Waals surface area contributed by atoms with Crippen molar-refractivity contribution in [2.45, 2.75) is 32.6 Å². The third-order valence-corrected chi connectivity index (χ3v) is 3.34. The zero-order chi connectivity index (χ0) is 12.4. The Labute approximate surface area is 112 Å². The summed E-state index contributed by atoms with van der Waals surface area (Å²) in [5, 5.41) is 1.11. The van der Waals surface area contributed by atoms with Crippen LogP contribution in [0.15, 0.2) is 12.3 Å². The van der Waals surface area contributed by atoms with Crippen LogP contribution in [0.5, 0.6) is 0 Å². The summed E-state index contributed by atoms with van der Waals surface area (Å²) in [5.74, 6) is 0. The van der Waals surface area contributed by atoms with E-state index in [1.807, 2.05) is 0 Å².